The van der Waals surface area contributed by atoms with Crippen molar-refractivity contribution in [2.45, 2.75) is 65.2 Å². The van der Waals surface area contributed by atoms with Gasteiger partial charge in [0.25, 0.3) is 0 Å². The molecule has 0 aliphatic rings. The first-order valence-electron chi connectivity index (χ1n) is 6.70. The molecule has 100 valence electrons. The molecule has 0 rings (SSSR count). The van der Waals surface area contributed by atoms with Gasteiger partial charge >= 0.3 is 122 Å². The van der Waals surface area contributed by atoms with Gasteiger partial charge < -0.3 is 14.7 Å². The summed E-state index contributed by atoms with van der Waals surface area (Å²) in [6.07, 6.45) is 13.3. The number of rotatable bonds is 9. The van der Waals surface area contributed by atoms with Crippen molar-refractivity contribution >= 4 is 56.8 Å². The van der Waals surface area contributed by atoms with Gasteiger partial charge in [-0.1, -0.05) is 0 Å². The number of hydrogen-bond donors (Lipinski definition) is 3. The summed E-state index contributed by atoms with van der Waals surface area (Å²) in [6.45, 7) is 2.28. The maximum atomic E-state index is 8.88. The maximum Gasteiger partial charge on any atom is 0.466 e. The van der Waals surface area contributed by atoms with Crippen LogP contribution in [0.4, 0.5) is 0 Å². The Morgan fingerprint density at radius 1 is 0.824 bits per heavy atom. The Balaban J connectivity index is 0. The molecule has 0 saturated heterocycles. The van der Waals surface area contributed by atoms with E-state index in [9.17, 15) is 0 Å². The van der Waals surface area contributed by atoms with Crippen LogP contribution in [0.1, 0.15) is 64.7 Å². The average molecular weight is 292 g/mol. The molecule has 0 heterocycles. The number of hydrogen-bond acceptors (Lipinski definition) is 1. The maximum absolute atomic E-state index is 8.88. The van der Waals surface area contributed by atoms with Crippen LogP contribution in [-0.2, 0) is 4.57 Å². The van der Waals surface area contributed by atoms with Gasteiger partial charge in [-0.05, 0) is 0 Å². The molecule has 0 radical (unpaired) electrons. The normalized spacial score (nSPS) is 10.9. The van der Waals surface area contributed by atoms with E-state index in [0.717, 1.165) is 49.0 Å². The van der Waals surface area contributed by atoms with Gasteiger partial charge in [0.2, 0.25) is 0 Å². The molecule has 0 spiro atoms. The van der Waals surface area contributed by atoms with Crippen molar-refractivity contribution in [2.75, 3.05) is 0 Å². The van der Waals surface area contributed by atoms with Crippen molar-refractivity contribution in [3.05, 3.63) is 0 Å². The first kappa shape index (κ1) is 21.1. The minimum Gasteiger partial charge on any atom is -0.303 e. The SMILES string of the molecule is CCCCCCCCCC[CH2][K].O=P(O)(O)O. The molecule has 0 aliphatic carbocycles. The summed E-state index contributed by atoms with van der Waals surface area (Å²) in [6, 6.07) is 0. The van der Waals surface area contributed by atoms with Crippen molar-refractivity contribution in [1.82, 2.24) is 0 Å². The Morgan fingerprint density at radius 2 is 1.12 bits per heavy atom. The molecule has 0 unspecified atom stereocenters. The van der Waals surface area contributed by atoms with Gasteiger partial charge in [0.1, 0.15) is 0 Å². The fraction of sp³-hybridized carbons (Fsp3) is 1.00. The topological polar surface area (TPSA) is 77.8 Å². The first-order chi connectivity index (χ1) is 7.91. The van der Waals surface area contributed by atoms with E-state index < -0.39 is 7.82 Å². The molecular weight excluding hydrogens is 266 g/mol. The Bertz CT molecular complexity index is 166. The third-order valence-electron chi connectivity index (χ3n) is 2.46. The van der Waals surface area contributed by atoms with E-state index in [0.29, 0.717) is 0 Å². The summed E-state index contributed by atoms with van der Waals surface area (Å²) in [7, 11) is -4.64. The third-order valence-corrected chi connectivity index (χ3v) is 3.56. The zero-order chi connectivity index (χ0) is 13.6. The van der Waals surface area contributed by atoms with Crippen LogP contribution in [0.25, 0.3) is 0 Å². The van der Waals surface area contributed by atoms with Gasteiger partial charge in [-0.25, -0.2) is 4.57 Å². The van der Waals surface area contributed by atoms with Crippen LogP contribution in [0.15, 0.2) is 0 Å². The molecule has 0 saturated carbocycles. The smallest absolute Gasteiger partial charge is 0.303 e. The molecule has 0 aromatic carbocycles. The molecule has 0 bridgehead atoms. The predicted octanol–water partition coefficient (Wildman–Crippen LogP) is 3.18. The molecule has 4 nitrogen and oxygen atoms in total. The fourth-order valence-corrected chi connectivity index (χ4v) is 2.34. The van der Waals surface area contributed by atoms with Crippen molar-refractivity contribution in [1.29, 1.82) is 0 Å². The van der Waals surface area contributed by atoms with E-state index in [2.05, 4.69) is 6.92 Å². The van der Waals surface area contributed by atoms with Crippen molar-refractivity contribution in [3.63, 3.8) is 0 Å². The molecular formula is C11H26KO4P. The van der Waals surface area contributed by atoms with Crippen LogP contribution >= 0.6 is 7.82 Å². The molecule has 0 aliphatic heterocycles. The summed E-state index contributed by atoms with van der Waals surface area (Å²) in [5, 5.41) is 0. The number of phosphoric acid groups is 1. The molecule has 0 atom stereocenters. The summed E-state index contributed by atoms with van der Waals surface area (Å²) >= 11 is 1.11. The van der Waals surface area contributed by atoms with Gasteiger partial charge in [0, 0.05) is 0 Å². The van der Waals surface area contributed by atoms with E-state index in [1.165, 1.54) is 57.8 Å². The minimum atomic E-state index is -4.64. The Morgan fingerprint density at radius 3 is 1.41 bits per heavy atom. The zero-order valence-corrected chi connectivity index (χ0v) is 15.3. The summed E-state index contributed by atoms with van der Waals surface area (Å²) in [5.41, 5.74) is 0. The second-order valence-corrected chi connectivity index (χ2v) is 6.93. The predicted molar refractivity (Wildman–Crippen MR) is 72.1 cm³/mol. The van der Waals surface area contributed by atoms with Crippen LogP contribution in [0.2, 0.25) is 0.515 Å². The van der Waals surface area contributed by atoms with Gasteiger partial charge in [0.05, 0.1) is 0 Å². The van der Waals surface area contributed by atoms with Crippen LogP contribution in [0, 0.1) is 0 Å². The largest absolute Gasteiger partial charge is 0.466 e. The zero-order valence-electron chi connectivity index (χ0n) is 11.3. The van der Waals surface area contributed by atoms with Crippen molar-refractivity contribution in [2.24, 2.45) is 0 Å². The minimum absolute atomic E-state index is 1.11. The van der Waals surface area contributed by atoms with E-state index in [4.69, 9.17) is 19.2 Å². The molecule has 17 heavy (non-hydrogen) atoms. The monoisotopic (exact) mass is 292 g/mol. The van der Waals surface area contributed by atoms with Crippen LogP contribution in [0.3, 0.4) is 0 Å². The van der Waals surface area contributed by atoms with E-state index >= 15 is 0 Å². The molecule has 6 heteroatoms. The van der Waals surface area contributed by atoms with E-state index in [-0.39, 0.29) is 0 Å². The molecule has 0 amide bonds. The second-order valence-electron chi connectivity index (χ2n) is 4.34. The summed E-state index contributed by atoms with van der Waals surface area (Å²) in [4.78, 5) is 21.6. The van der Waals surface area contributed by atoms with E-state index in [1.54, 1.807) is 0.515 Å². The molecule has 0 aromatic rings. The Labute approximate surface area is 139 Å². The van der Waals surface area contributed by atoms with Crippen LogP contribution in [0.5, 0.6) is 0 Å². The summed E-state index contributed by atoms with van der Waals surface area (Å²) in [5.74, 6) is 0. The Hall–Kier alpha value is 1.75. The molecule has 3 N–H and O–H groups in total. The van der Waals surface area contributed by atoms with Crippen LogP contribution < -0.4 is 0 Å². The fourth-order valence-electron chi connectivity index (χ4n) is 1.56. The quantitative estimate of drug-likeness (QED) is 0.346. The van der Waals surface area contributed by atoms with Gasteiger partial charge in [-0.2, -0.15) is 0 Å². The standard InChI is InChI=1S/C11H23.K.H3O4P/c1-3-5-7-9-11-10-8-6-4-2;;1-5(2,3)4/h1,3-11H2,2H3;;(H3,1,2,3,4). The van der Waals surface area contributed by atoms with Gasteiger partial charge in [-0.3, -0.25) is 0 Å². The van der Waals surface area contributed by atoms with Crippen molar-refractivity contribution in [3.8, 4) is 0 Å². The van der Waals surface area contributed by atoms with Crippen LogP contribution in [-0.4, -0.2) is 63.6 Å². The Kier molecular flexibility index (Phi) is 19.6. The second kappa shape index (κ2) is 15.8. The number of unbranched alkanes of at least 4 members (excludes halogenated alkanes) is 8. The van der Waals surface area contributed by atoms with E-state index in [1.807, 2.05) is 0 Å². The van der Waals surface area contributed by atoms with Gasteiger partial charge in [0.15, 0.2) is 0 Å². The first-order valence-corrected chi connectivity index (χ1v) is 10.5. The molecule has 0 aromatic heterocycles. The molecule has 0 fully saturated rings. The average Bonchev–Trinajstić information content (AvgIpc) is 2.20. The summed E-state index contributed by atoms with van der Waals surface area (Å²) < 4.78 is 10.4. The van der Waals surface area contributed by atoms with Crippen molar-refractivity contribution < 1.29 is 19.2 Å². The third kappa shape index (κ3) is 38.1. The van der Waals surface area contributed by atoms with Gasteiger partial charge in [-0.15, -0.1) is 0 Å².